The lowest BCUT2D eigenvalue weighted by Crippen LogP contribution is -2.21. The highest BCUT2D eigenvalue weighted by Gasteiger charge is 2.20. The highest BCUT2D eigenvalue weighted by Crippen LogP contribution is 2.27. The maximum Gasteiger partial charge on any atom is 0.229 e. The van der Waals surface area contributed by atoms with Crippen LogP contribution in [0.25, 0.3) is 0 Å². The van der Waals surface area contributed by atoms with Crippen molar-refractivity contribution in [1.29, 1.82) is 0 Å². The van der Waals surface area contributed by atoms with Gasteiger partial charge in [-0.25, -0.2) is 9.97 Å². The number of nitrogens with one attached hydrogen (secondary N) is 1. The standard InChI is InChI=1S/C10H9Cl2N3O/c11-7-8(12)13-5-14-9(7)15-10(16)6-3-1-2-4-6/h1-2,5-6H,3-4H2,(H,13,14,15,16). The van der Waals surface area contributed by atoms with Gasteiger partial charge in [0.15, 0.2) is 11.0 Å². The molecule has 16 heavy (non-hydrogen) atoms. The van der Waals surface area contributed by atoms with Gasteiger partial charge in [-0.3, -0.25) is 4.79 Å². The molecule has 0 saturated carbocycles. The molecule has 0 aromatic carbocycles. The van der Waals surface area contributed by atoms with E-state index in [0.29, 0.717) is 0 Å². The molecular weight excluding hydrogens is 249 g/mol. The quantitative estimate of drug-likeness (QED) is 0.655. The number of carbonyl (C=O) groups is 1. The average molecular weight is 258 g/mol. The van der Waals surface area contributed by atoms with Crippen molar-refractivity contribution >= 4 is 34.9 Å². The summed E-state index contributed by atoms with van der Waals surface area (Å²) in [6.45, 7) is 0. The van der Waals surface area contributed by atoms with Crippen molar-refractivity contribution in [2.75, 3.05) is 5.32 Å². The minimum Gasteiger partial charge on any atom is -0.309 e. The number of amides is 1. The topological polar surface area (TPSA) is 54.9 Å². The Bertz CT molecular complexity index is 440. The Kier molecular flexibility index (Phi) is 3.41. The van der Waals surface area contributed by atoms with Gasteiger partial charge in [0.2, 0.25) is 5.91 Å². The van der Waals surface area contributed by atoms with E-state index >= 15 is 0 Å². The predicted molar refractivity (Wildman–Crippen MR) is 62.5 cm³/mol. The molecule has 1 aliphatic rings. The second kappa shape index (κ2) is 4.80. The van der Waals surface area contributed by atoms with Crippen LogP contribution in [0.4, 0.5) is 5.82 Å². The summed E-state index contributed by atoms with van der Waals surface area (Å²) in [6.07, 6.45) is 6.74. The summed E-state index contributed by atoms with van der Waals surface area (Å²) >= 11 is 11.6. The van der Waals surface area contributed by atoms with E-state index in [1.165, 1.54) is 6.33 Å². The van der Waals surface area contributed by atoms with Crippen molar-refractivity contribution in [2.24, 2.45) is 5.92 Å². The minimum absolute atomic E-state index is 0.0372. The van der Waals surface area contributed by atoms with E-state index in [2.05, 4.69) is 15.3 Å². The number of nitrogens with zero attached hydrogens (tertiary/aromatic N) is 2. The lowest BCUT2D eigenvalue weighted by Gasteiger charge is -2.10. The Hall–Kier alpha value is -1.13. The number of hydrogen-bond donors (Lipinski definition) is 1. The Balaban J connectivity index is 2.09. The molecule has 0 bridgehead atoms. The van der Waals surface area contributed by atoms with Crippen molar-refractivity contribution in [2.45, 2.75) is 12.8 Å². The highest BCUT2D eigenvalue weighted by atomic mass is 35.5. The van der Waals surface area contributed by atoms with E-state index in [4.69, 9.17) is 23.2 Å². The second-order valence-electron chi connectivity index (χ2n) is 3.46. The summed E-state index contributed by atoms with van der Waals surface area (Å²) in [5.74, 6) is 0.130. The molecule has 0 unspecified atom stereocenters. The van der Waals surface area contributed by atoms with Crippen LogP contribution in [0.1, 0.15) is 12.8 Å². The highest BCUT2D eigenvalue weighted by molar-refractivity contribution is 6.42. The van der Waals surface area contributed by atoms with Crippen LogP contribution in [-0.2, 0) is 4.79 Å². The molecule has 4 nitrogen and oxygen atoms in total. The molecule has 1 aromatic heterocycles. The van der Waals surface area contributed by atoms with Crippen LogP contribution >= 0.6 is 23.2 Å². The molecule has 1 heterocycles. The van der Waals surface area contributed by atoms with Gasteiger partial charge in [-0.2, -0.15) is 0 Å². The zero-order chi connectivity index (χ0) is 11.5. The minimum atomic E-state index is -0.0957. The first-order chi connectivity index (χ1) is 7.68. The van der Waals surface area contributed by atoms with Crippen LogP contribution in [0.2, 0.25) is 10.2 Å². The fraction of sp³-hybridized carbons (Fsp3) is 0.300. The molecule has 1 amide bonds. The summed E-state index contributed by atoms with van der Waals surface area (Å²) in [5.41, 5.74) is 0. The first-order valence-corrected chi connectivity index (χ1v) is 5.56. The summed E-state index contributed by atoms with van der Waals surface area (Å²) in [6, 6.07) is 0. The summed E-state index contributed by atoms with van der Waals surface area (Å²) in [5, 5.41) is 2.95. The van der Waals surface area contributed by atoms with Crippen LogP contribution in [-0.4, -0.2) is 15.9 Å². The zero-order valence-corrected chi connectivity index (χ0v) is 9.79. The van der Waals surface area contributed by atoms with Crippen molar-refractivity contribution in [1.82, 2.24) is 9.97 Å². The number of anilines is 1. The first-order valence-electron chi connectivity index (χ1n) is 4.80. The number of hydrogen-bond acceptors (Lipinski definition) is 3. The fourth-order valence-electron chi connectivity index (χ4n) is 1.49. The van der Waals surface area contributed by atoms with Gasteiger partial charge < -0.3 is 5.32 Å². The van der Waals surface area contributed by atoms with Crippen LogP contribution in [0, 0.1) is 5.92 Å². The molecule has 1 aromatic rings. The molecule has 2 rings (SSSR count). The third-order valence-electron chi connectivity index (χ3n) is 2.37. The maximum atomic E-state index is 11.8. The van der Waals surface area contributed by atoms with E-state index in [1.807, 2.05) is 12.2 Å². The van der Waals surface area contributed by atoms with Gasteiger partial charge >= 0.3 is 0 Å². The van der Waals surface area contributed by atoms with Gasteiger partial charge in [0, 0.05) is 5.92 Å². The molecule has 6 heteroatoms. The molecule has 1 N–H and O–H groups in total. The average Bonchev–Trinajstić information content (AvgIpc) is 2.78. The SMILES string of the molecule is O=C(Nc1ncnc(Cl)c1Cl)C1CC=CC1. The van der Waals surface area contributed by atoms with E-state index in [1.54, 1.807) is 0 Å². The third kappa shape index (κ3) is 2.33. The van der Waals surface area contributed by atoms with Gasteiger partial charge in [0.05, 0.1) is 0 Å². The second-order valence-corrected chi connectivity index (χ2v) is 4.19. The lowest BCUT2D eigenvalue weighted by atomic mass is 10.1. The van der Waals surface area contributed by atoms with Crippen molar-refractivity contribution in [3.8, 4) is 0 Å². The molecule has 0 spiro atoms. The van der Waals surface area contributed by atoms with E-state index in [9.17, 15) is 4.79 Å². The normalized spacial score (nSPS) is 15.4. The summed E-state index contributed by atoms with van der Waals surface area (Å²) in [7, 11) is 0. The van der Waals surface area contributed by atoms with Gasteiger partial charge in [0.25, 0.3) is 0 Å². The Labute approximate surface area is 103 Å². The van der Waals surface area contributed by atoms with Crippen molar-refractivity contribution in [3.63, 3.8) is 0 Å². The number of carbonyl (C=O) groups excluding carboxylic acids is 1. The van der Waals surface area contributed by atoms with Gasteiger partial charge in [-0.05, 0) is 12.8 Å². The zero-order valence-electron chi connectivity index (χ0n) is 8.28. The number of halogens is 2. The van der Waals surface area contributed by atoms with Gasteiger partial charge in [0.1, 0.15) is 11.3 Å². The van der Waals surface area contributed by atoms with Crippen LogP contribution in [0.5, 0.6) is 0 Å². The number of aromatic nitrogens is 2. The molecule has 0 atom stereocenters. The fourth-order valence-corrected chi connectivity index (χ4v) is 1.76. The summed E-state index contributed by atoms with van der Waals surface area (Å²) in [4.78, 5) is 19.3. The van der Waals surface area contributed by atoms with Crippen LogP contribution < -0.4 is 5.32 Å². The van der Waals surface area contributed by atoms with Gasteiger partial charge in [-0.1, -0.05) is 35.4 Å². The van der Waals surface area contributed by atoms with Crippen molar-refractivity contribution < 1.29 is 4.79 Å². The molecular formula is C10H9Cl2N3O. The number of allylic oxidation sites excluding steroid dienone is 2. The Morgan fingerprint density at radius 1 is 1.31 bits per heavy atom. The molecule has 1 aliphatic carbocycles. The smallest absolute Gasteiger partial charge is 0.229 e. The summed E-state index contributed by atoms with van der Waals surface area (Å²) < 4.78 is 0. The van der Waals surface area contributed by atoms with Gasteiger partial charge in [-0.15, -0.1) is 0 Å². The molecule has 0 radical (unpaired) electrons. The van der Waals surface area contributed by atoms with E-state index in [-0.39, 0.29) is 27.8 Å². The Morgan fingerprint density at radius 2 is 2.00 bits per heavy atom. The first kappa shape index (κ1) is 11.4. The molecule has 0 aliphatic heterocycles. The largest absolute Gasteiger partial charge is 0.309 e. The van der Waals surface area contributed by atoms with E-state index in [0.717, 1.165) is 12.8 Å². The van der Waals surface area contributed by atoms with E-state index < -0.39 is 0 Å². The van der Waals surface area contributed by atoms with Crippen LogP contribution in [0.15, 0.2) is 18.5 Å². The monoisotopic (exact) mass is 257 g/mol. The predicted octanol–water partition coefficient (Wildman–Crippen LogP) is 2.69. The molecule has 84 valence electrons. The molecule has 0 fully saturated rings. The lowest BCUT2D eigenvalue weighted by molar-refractivity contribution is -0.119. The van der Waals surface area contributed by atoms with Crippen LogP contribution in [0.3, 0.4) is 0 Å². The number of rotatable bonds is 2. The van der Waals surface area contributed by atoms with Crippen molar-refractivity contribution in [3.05, 3.63) is 28.7 Å². The maximum absolute atomic E-state index is 11.8. The Morgan fingerprint density at radius 3 is 2.69 bits per heavy atom. The molecule has 0 saturated heterocycles. The third-order valence-corrected chi connectivity index (χ3v) is 3.11.